The van der Waals surface area contributed by atoms with Crippen molar-refractivity contribution >= 4 is 37.9 Å². The molecule has 136 valence electrons. The summed E-state index contributed by atoms with van der Waals surface area (Å²) in [7, 11) is -4.01. The minimum Gasteiger partial charge on any atom is -0.272 e. The van der Waals surface area contributed by atoms with Gasteiger partial charge in [0.15, 0.2) is 0 Å². The third kappa shape index (κ3) is 3.58. The molecular weight excluding hydrogens is 422 g/mol. The molecule has 3 rings (SSSR count). The SMILES string of the molecule is Cc1ccc(S(=O)(=O)OC(CBr)CN2C(=O)c3ccccc3C2=O)cc1. The summed E-state index contributed by atoms with van der Waals surface area (Å²) >= 11 is 3.20. The van der Waals surface area contributed by atoms with Gasteiger partial charge in [-0.1, -0.05) is 45.8 Å². The molecule has 8 heteroatoms. The highest BCUT2D eigenvalue weighted by atomic mass is 79.9. The number of hydrogen-bond donors (Lipinski definition) is 0. The summed E-state index contributed by atoms with van der Waals surface area (Å²) in [5.41, 5.74) is 1.55. The fraction of sp³-hybridized carbons (Fsp3) is 0.222. The van der Waals surface area contributed by atoms with Crippen molar-refractivity contribution in [1.82, 2.24) is 4.90 Å². The van der Waals surface area contributed by atoms with E-state index in [2.05, 4.69) is 15.9 Å². The largest absolute Gasteiger partial charge is 0.297 e. The van der Waals surface area contributed by atoms with E-state index in [4.69, 9.17) is 4.18 Å². The van der Waals surface area contributed by atoms with Crippen molar-refractivity contribution in [3.63, 3.8) is 0 Å². The molecule has 1 atom stereocenters. The fourth-order valence-electron chi connectivity index (χ4n) is 2.65. The molecule has 0 fully saturated rings. The van der Waals surface area contributed by atoms with E-state index in [1.165, 1.54) is 12.1 Å². The third-order valence-electron chi connectivity index (χ3n) is 4.01. The lowest BCUT2D eigenvalue weighted by Gasteiger charge is -2.21. The highest BCUT2D eigenvalue weighted by molar-refractivity contribution is 9.09. The molecule has 26 heavy (non-hydrogen) atoms. The topological polar surface area (TPSA) is 80.8 Å². The van der Waals surface area contributed by atoms with Gasteiger partial charge in [0.1, 0.15) is 6.10 Å². The zero-order valence-electron chi connectivity index (χ0n) is 13.9. The van der Waals surface area contributed by atoms with E-state index in [-0.39, 0.29) is 16.8 Å². The van der Waals surface area contributed by atoms with Gasteiger partial charge in [0.05, 0.1) is 22.6 Å². The van der Waals surface area contributed by atoms with Gasteiger partial charge in [-0.05, 0) is 31.2 Å². The average Bonchev–Trinajstić information content (AvgIpc) is 2.86. The number of imide groups is 1. The standard InChI is InChI=1S/C18H16BrNO5S/c1-12-6-8-14(9-7-12)26(23,24)25-13(10-19)11-20-17(21)15-4-2-3-5-16(15)18(20)22/h2-9,13H,10-11H2,1H3. The molecule has 0 radical (unpaired) electrons. The van der Waals surface area contributed by atoms with Gasteiger partial charge >= 0.3 is 0 Å². The van der Waals surface area contributed by atoms with Crippen LogP contribution in [0.3, 0.4) is 0 Å². The molecule has 0 aliphatic carbocycles. The Hall–Kier alpha value is -2.03. The van der Waals surface area contributed by atoms with Crippen molar-refractivity contribution in [2.75, 3.05) is 11.9 Å². The van der Waals surface area contributed by atoms with Crippen LogP contribution in [0, 0.1) is 6.92 Å². The molecule has 6 nitrogen and oxygen atoms in total. The number of nitrogens with zero attached hydrogens (tertiary/aromatic N) is 1. The molecule has 2 aromatic rings. The maximum Gasteiger partial charge on any atom is 0.297 e. The smallest absolute Gasteiger partial charge is 0.272 e. The van der Waals surface area contributed by atoms with Crippen LogP contribution in [-0.4, -0.2) is 43.1 Å². The van der Waals surface area contributed by atoms with Crippen LogP contribution in [0.5, 0.6) is 0 Å². The third-order valence-corrected chi connectivity index (χ3v) is 6.11. The summed E-state index contributed by atoms with van der Waals surface area (Å²) in [5.74, 6) is -0.902. The van der Waals surface area contributed by atoms with Gasteiger partial charge in [-0.15, -0.1) is 0 Å². The monoisotopic (exact) mass is 437 g/mol. The number of alkyl halides is 1. The van der Waals surface area contributed by atoms with Gasteiger partial charge in [-0.3, -0.25) is 18.7 Å². The van der Waals surface area contributed by atoms with Crippen LogP contribution in [0.15, 0.2) is 53.4 Å². The first-order valence-corrected chi connectivity index (χ1v) is 10.4. The molecule has 0 N–H and O–H groups in total. The van der Waals surface area contributed by atoms with E-state index in [0.29, 0.717) is 11.1 Å². The molecular formula is C18H16BrNO5S. The zero-order chi connectivity index (χ0) is 18.9. The molecule has 1 unspecified atom stereocenters. The highest BCUT2D eigenvalue weighted by Crippen LogP contribution is 2.24. The van der Waals surface area contributed by atoms with E-state index < -0.39 is 28.0 Å². The molecule has 0 saturated heterocycles. The summed E-state index contributed by atoms with van der Waals surface area (Å²) in [6.07, 6.45) is -0.900. The predicted octanol–water partition coefficient (Wildman–Crippen LogP) is 2.76. The van der Waals surface area contributed by atoms with Crippen LogP contribution in [0.1, 0.15) is 26.3 Å². The Morgan fingerprint density at radius 2 is 1.54 bits per heavy atom. The number of fused-ring (bicyclic) bond motifs is 1. The van der Waals surface area contributed by atoms with Crippen molar-refractivity contribution in [2.24, 2.45) is 0 Å². The summed E-state index contributed by atoms with van der Waals surface area (Å²) in [6.45, 7) is 1.68. The van der Waals surface area contributed by atoms with Gasteiger partial charge in [-0.2, -0.15) is 8.42 Å². The first-order chi connectivity index (χ1) is 12.3. The Morgan fingerprint density at radius 3 is 2.04 bits per heavy atom. The Balaban J connectivity index is 1.77. The van der Waals surface area contributed by atoms with Gasteiger partial charge in [-0.25, -0.2) is 0 Å². The number of carbonyl (C=O) groups is 2. The van der Waals surface area contributed by atoms with Crippen LogP contribution in [0.4, 0.5) is 0 Å². The summed E-state index contributed by atoms with van der Waals surface area (Å²) in [6, 6.07) is 12.7. The van der Waals surface area contributed by atoms with Gasteiger partial charge in [0.25, 0.3) is 21.9 Å². The van der Waals surface area contributed by atoms with E-state index in [9.17, 15) is 18.0 Å². The second kappa shape index (κ2) is 7.30. The van der Waals surface area contributed by atoms with Crippen molar-refractivity contribution in [3.8, 4) is 0 Å². The molecule has 1 heterocycles. The van der Waals surface area contributed by atoms with Crippen LogP contribution in [0.25, 0.3) is 0 Å². The van der Waals surface area contributed by atoms with Crippen molar-refractivity contribution in [2.45, 2.75) is 17.9 Å². The van der Waals surface area contributed by atoms with Gasteiger partial charge in [0, 0.05) is 5.33 Å². The van der Waals surface area contributed by atoms with Gasteiger partial charge in [0.2, 0.25) is 0 Å². The number of hydrogen-bond acceptors (Lipinski definition) is 5. The van der Waals surface area contributed by atoms with Crippen LogP contribution < -0.4 is 0 Å². The van der Waals surface area contributed by atoms with E-state index in [0.717, 1.165) is 10.5 Å². The molecule has 0 spiro atoms. The number of amides is 2. The van der Waals surface area contributed by atoms with Crippen LogP contribution in [0.2, 0.25) is 0 Å². The maximum atomic E-state index is 12.4. The predicted molar refractivity (Wildman–Crippen MR) is 98.8 cm³/mol. The molecule has 0 aromatic heterocycles. The first-order valence-electron chi connectivity index (χ1n) is 7.84. The number of benzene rings is 2. The quantitative estimate of drug-likeness (QED) is 0.394. The summed E-state index contributed by atoms with van der Waals surface area (Å²) in [5, 5.41) is 0.144. The lowest BCUT2D eigenvalue weighted by Crippen LogP contribution is -2.39. The number of aryl methyl sites for hydroxylation is 1. The first kappa shape index (κ1) is 18.8. The number of halogens is 1. The second-order valence-electron chi connectivity index (χ2n) is 5.91. The Bertz CT molecular complexity index is 921. The molecule has 2 aromatic carbocycles. The molecule has 1 aliphatic rings. The van der Waals surface area contributed by atoms with Crippen LogP contribution in [-0.2, 0) is 14.3 Å². The van der Waals surface area contributed by atoms with E-state index >= 15 is 0 Å². The van der Waals surface area contributed by atoms with E-state index in [1.807, 2.05) is 6.92 Å². The second-order valence-corrected chi connectivity index (χ2v) is 8.13. The van der Waals surface area contributed by atoms with Crippen LogP contribution >= 0.6 is 15.9 Å². The Morgan fingerprint density at radius 1 is 1.00 bits per heavy atom. The van der Waals surface area contributed by atoms with Crippen molar-refractivity contribution in [3.05, 3.63) is 65.2 Å². The minimum absolute atomic E-state index is 0.0245. The minimum atomic E-state index is -4.01. The molecule has 0 bridgehead atoms. The molecule has 0 saturated carbocycles. The van der Waals surface area contributed by atoms with Gasteiger partial charge < -0.3 is 0 Å². The lowest BCUT2D eigenvalue weighted by molar-refractivity contribution is 0.0591. The summed E-state index contributed by atoms with van der Waals surface area (Å²) < 4.78 is 30.1. The fourth-order valence-corrected chi connectivity index (χ4v) is 4.23. The normalized spacial score (nSPS) is 15.2. The lowest BCUT2D eigenvalue weighted by atomic mass is 10.1. The number of carbonyl (C=O) groups excluding carboxylic acids is 2. The maximum absolute atomic E-state index is 12.4. The zero-order valence-corrected chi connectivity index (χ0v) is 16.3. The molecule has 2 amide bonds. The highest BCUT2D eigenvalue weighted by Gasteiger charge is 2.37. The Kier molecular flexibility index (Phi) is 5.27. The number of rotatable bonds is 6. The van der Waals surface area contributed by atoms with E-state index in [1.54, 1.807) is 36.4 Å². The summed E-state index contributed by atoms with van der Waals surface area (Å²) in [4.78, 5) is 25.9. The molecule has 1 aliphatic heterocycles. The van der Waals surface area contributed by atoms with Crippen molar-refractivity contribution < 1.29 is 22.2 Å². The average molecular weight is 438 g/mol. The Labute approximate surface area is 160 Å². The van der Waals surface area contributed by atoms with Crippen molar-refractivity contribution in [1.29, 1.82) is 0 Å².